The van der Waals surface area contributed by atoms with Crippen molar-refractivity contribution >= 4 is 10.8 Å². The van der Waals surface area contributed by atoms with Crippen LogP contribution in [-0.2, 0) is 0 Å². The molecular weight excluding hydrogens is 286 g/mol. The van der Waals surface area contributed by atoms with E-state index in [-0.39, 0.29) is 0 Å². The number of aromatic nitrogens is 1. The first kappa shape index (κ1) is 15.3. The van der Waals surface area contributed by atoms with Gasteiger partial charge in [0.2, 0.25) is 0 Å². The summed E-state index contributed by atoms with van der Waals surface area (Å²) in [7, 11) is 0. The number of ether oxygens (including phenoxy) is 2. The summed E-state index contributed by atoms with van der Waals surface area (Å²) in [5, 5.41) is 2.31. The molecule has 1 heterocycles. The maximum absolute atomic E-state index is 5.79. The molecular formula is C20H21NO2. The van der Waals surface area contributed by atoms with Crippen LogP contribution in [0, 0.1) is 6.92 Å². The summed E-state index contributed by atoms with van der Waals surface area (Å²) in [5.41, 5.74) is 3.10. The van der Waals surface area contributed by atoms with Crippen LogP contribution in [0.4, 0.5) is 0 Å². The summed E-state index contributed by atoms with van der Waals surface area (Å²) >= 11 is 0. The Morgan fingerprint density at radius 3 is 2.52 bits per heavy atom. The SMILES string of the molecule is CCOc1cc(OCC)c(C)c(-c2nccc3ccccc23)c1. The first-order chi connectivity index (χ1) is 11.2. The molecule has 0 aliphatic carbocycles. The normalized spacial score (nSPS) is 10.7. The van der Waals surface area contributed by atoms with Crippen molar-refractivity contribution in [3.8, 4) is 22.8 Å². The molecule has 118 valence electrons. The van der Waals surface area contributed by atoms with Gasteiger partial charge in [-0.25, -0.2) is 0 Å². The number of pyridine rings is 1. The molecule has 0 radical (unpaired) electrons. The van der Waals surface area contributed by atoms with Gasteiger partial charge < -0.3 is 9.47 Å². The van der Waals surface area contributed by atoms with Crippen molar-refractivity contribution in [2.75, 3.05) is 13.2 Å². The predicted octanol–water partition coefficient (Wildman–Crippen LogP) is 5.01. The van der Waals surface area contributed by atoms with Gasteiger partial charge in [0.05, 0.1) is 18.9 Å². The molecule has 0 bridgehead atoms. The lowest BCUT2D eigenvalue weighted by Crippen LogP contribution is -1.99. The highest BCUT2D eigenvalue weighted by Crippen LogP contribution is 2.36. The van der Waals surface area contributed by atoms with Crippen LogP contribution in [0.25, 0.3) is 22.0 Å². The molecule has 0 amide bonds. The lowest BCUT2D eigenvalue weighted by Gasteiger charge is -2.15. The third-order valence-electron chi connectivity index (χ3n) is 3.87. The van der Waals surface area contributed by atoms with Crippen LogP contribution < -0.4 is 9.47 Å². The molecule has 0 N–H and O–H groups in total. The van der Waals surface area contributed by atoms with Crippen molar-refractivity contribution in [2.45, 2.75) is 20.8 Å². The number of rotatable bonds is 5. The topological polar surface area (TPSA) is 31.4 Å². The monoisotopic (exact) mass is 307 g/mol. The summed E-state index contributed by atoms with van der Waals surface area (Å²) in [6.45, 7) is 7.29. The summed E-state index contributed by atoms with van der Waals surface area (Å²) in [4.78, 5) is 4.63. The van der Waals surface area contributed by atoms with Gasteiger partial charge in [0, 0.05) is 28.8 Å². The Morgan fingerprint density at radius 2 is 1.74 bits per heavy atom. The summed E-state index contributed by atoms with van der Waals surface area (Å²) in [5.74, 6) is 1.66. The highest BCUT2D eigenvalue weighted by Gasteiger charge is 2.14. The van der Waals surface area contributed by atoms with Crippen molar-refractivity contribution < 1.29 is 9.47 Å². The highest BCUT2D eigenvalue weighted by molar-refractivity contribution is 5.95. The Balaban J connectivity index is 2.24. The molecule has 0 atom stereocenters. The first-order valence-electron chi connectivity index (χ1n) is 7.99. The molecule has 3 heteroatoms. The minimum atomic E-state index is 0.622. The minimum absolute atomic E-state index is 0.622. The van der Waals surface area contributed by atoms with Gasteiger partial charge in [-0.3, -0.25) is 4.98 Å². The third kappa shape index (κ3) is 3.00. The van der Waals surface area contributed by atoms with E-state index < -0.39 is 0 Å². The molecule has 2 aromatic carbocycles. The Bertz CT molecular complexity index is 822. The molecule has 0 unspecified atom stereocenters. The van der Waals surface area contributed by atoms with E-state index in [2.05, 4.69) is 30.1 Å². The van der Waals surface area contributed by atoms with E-state index in [1.807, 2.05) is 44.3 Å². The Labute approximate surface area is 136 Å². The Morgan fingerprint density at radius 1 is 0.957 bits per heavy atom. The molecule has 0 spiro atoms. The Kier molecular flexibility index (Phi) is 4.47. The molecule has 23 heavy (non-hydrogen) atoms. The number of hydrogen-bond donors (Lipinski definition) is 0. The average molecular weight is 307 g/mol. The zero-order valence-electron chi connectivity index (χ0n) is 13.8. The van der Waals surface area contributed by atoms with Gasteiger partial charge >= 0.3 is 0 Å². The quantitative estimate of drug-likeness (QED) is 0.664. The fourth-order valence-electron chi connectivity index (χ4n) is 2.80. The molecule has 0 saturated carbocycles. The van der Waals surface area contributed by atoms with Crippen molar-refractivity contribution in [1.29, 1.82) is 0 Å². The van der Waals surface area contributed by atoms with E-state index in [9.17, 15) is 0 Å². The predicted molar refractivity (Wildman–Crippen MR) is 94.3 cm³/mol. The summed E-state index contributed by atoms with van der Waals surface area (Å²) in [6, 6.07) is 14.3. The van der Waals surface area contributed by atoms with Gasteiger partial charge in [0.15, 0.2) is 0 Å². The summed E-state index contributed by atoms with van der Waals surface area (Å²) in [6.07, 6.45) is 1.85. The van der Waals surface area contributed by atoms with E-state index in [0.29, 0.717) is 13.2 Å². The van der Waals surface area contributed by atoms with Gasteiger partial charge in [-0.2, -0.15) is 0 Å². The largest absolute Gasteiger partial charge is 0.494 e. The van der Waals surface area contributed by atoms with Crippen molar-refractivity contribution in [3.05, 3.63) is 54.2 Å². The van der Waals surface area contributed by atoms with Crippen LogP contribution in [0.5, 0.6) is 11.5 Å². The summed E-state index contributed by atoms with van der Waals surface area (Å²) < 4.78 is 11.5. The van der Waals surface area contributed by atoms with Crippen LogP contribution in [0.2, 0.25) is 0 Å². The second-order valence-electron chi connectivity index (χ2n) is 5.34. The number of nitrogens with zero attached hydrogens (tertiary/aromatic N) is 1. The molecule has 3 nitrogen and oxygen atoms in total. The minimum Gasteiger partial charge on any atom is -0.494 e. The lowest BCUT2D eigenvalue weighted by atomic mass is 9.99. The van der Waals surface area contributed by atoms with Crippen LogP contribution in [-0.4, -0.2) is 18.2 Å². The number of benzene rings is 2. The number of hydrogen-bond acceptors (Lipinski definition) is 3. The maximum atomic E-state index is 5.79. The smallest absolute Gasteiger partial charge is 0.126 e. The van der Waals surface area contributed by atoms with E-state index >= 15 is 0 Å². The fourth-order valence-corrected chi connectivity index (χ4v) is 2.80. The first-order valence-corrected chi connectivity index (χ1v) is 7.99. The van der Waals surface area contributed by atoms with Gasteiger partial charge in [-0.15, -0.1) is 0 Å². The fraction of sp³-hybridized carbons (Fsp3) is 0.250. The number of fused-ring (bicyclic) bond motifs is 1. The van der Waals surface area contributed by atoms with Crippen molar-refractivity contribution in [1.82, 2.24) is 4.98 Å². The van der Waals surface area contributed by atoms with Crippen LogP contribution in [0.15, 0.2) is 48.7 Å². The van der Waals surface area contributed by atoms with Crippen LogP contribution >= 0.6 is 0 Å². The second kappa shape index (κ2) is 6.69. The van der Waals surface area contributed by atoms with Gasteiger partial charge in [-0.05, 0) is 38.3 Å². The second-order valence-corrected chi connectivity index (χ2v) is 5.34. The van der Waals surface area contributed by atoms with Gasteiger partial charge in [0.1, 0.15) is 11.5 Å². The van der Waals surface area contributed by atoms with E-state index in [1.54, 1.807) is 0 Å². The molecule has 1 aromatic heterocycles. The molecule has 3 aromatic rings. The van der Waals surface area contributed by atoms with Crippen molar-refractivity contribution in [2.24, 2.45) is 0 Å². The van der Waals surface area contributed by atoms with Crippen LogP contribution in [0.1, 0.15) is 19.4 Å². The van der Waals surface area contributed by atoms with Gasteiger partial charge in [0.25, 0.3) is 0 Å². The average Bonchev–Trinajstić information content (AvgIpc) is 2.58. The molecule has 3 rings (SSSR count). The maximum Gasteiger partial charge on any atom is 0.126 e. The molecule has 0 saturated heterocycles. The van der Waals surface area contributed by atoms with Crippen molar-refractivity contribution in [3.63, 3.8) is 0 Å². The van der Waals surface area contributed by atoms with Crippen LogP contribution in [0.3, 0.4) is 0 Å². The van der Waals surface area contributed by atoms with E-state index in [4.69, 9.17) is 9.47 Å². The van der Waals surface area contributed by atoms with E-state index in [0.717, 1.165) is 33.7 Å². The zero-order chi connectivity index (χ0) is 16.2. The molecule has 0 aliphatic heterocycles. The van der Waals surface area contributed by atoms with Gasteiger partial charge in [-0.1, -0.05) is 24.3 Å². The zero-order valence-corrected chi connectivity index (χ0v) is 13.8. The third-order valence-corrected chi connectivity index (χ3v) is 3.87. The Hall–Kier alpha value is -2.55. The van der Waals surface area contributed by atoms with E-state index in [1.165, 1.54) is 5.39 Å². The highest BCUT2D eigenvalue weighted by atomic mass is 16.5. The standard InChI is InChI=1S/C20H21NO2/c1-4-22-16-12-18(14(3)19(13-16)23-5-2)20-17-9-7-6-8-15(17)10-11-21-20/h6-13H,4-5H2,1-3H3. The molecule has 0 aliphatic rings. The molecule has 0 fully saturated rings. The lowest BCUT2D eigenvalue weighted by molar-refractivity contribution is 0.322.